The highest BCUT2D eigenvalue weighted by Gasteiger charge is 2.04. The lowest BCUT2D eigenvalue weighted by atomic mass is 10.1. The van der Waals surface area contributed by atoms with Crippen molar-refractivity contribution in [2.75, 3.05) is 13.7 Å². The number of hydrogen-bond donors (Lipinski definition) is 0. The Balaban J connectivity index is 2.95. The molecule has 0 bridgehead atoms. The van der Waals surface area contributed by atoms with Gasteiger partial charge in [-0.15, -0.1) is 0 Å². The van der Waals surface area contributed by atoms with Crippen LogP contribution < -0.4 is 9.47 Å². The largest absolute Gasteiger partial charge is 0.493 e. The van der Waals surface area contributed by atoms with Gasteiger partial charge >= 0.3 is 0 Å². The van der Waals surface area contributed by atoms with Crippen LogP contribution in [0.3, 0.4) is 0 Å². The first-order valence-electron chi connectivity index (χ1n) is 5.65. The number of hydrogen-bond acceptors (Lipinski definition) is 3. The Labute approximate surface area is 102 Å². The minimum atomic E-state index is 0.666. The monoisotopic (exact) mass is 234 g/mol. The summed E-state index contributed by atoms with van der Waals surface area (Å²) in [6.45, 7) is 4.48. The van der Waals surface area contributed by atoms with Crippen LogP contribution in [0.1, 0.15) is 25.8 Å². The zero-order chi connectivity index (χ0) is 12.7. The van der Waals surface area contributed by atoms with Gasteiger partial charge in [0.05, 0.1) is 13.7 Å². The molecule has 1 aromatic carbocycles. The Kier molecular flexibility index (Phi) is 5.27. The molecule has 0 aliphatic carbocycles. The van der Waals surface area contributed by atoms with Crippen molar-refractivity contribution in [1.29, 1.82) is 0 Å². The number of rotatable bonds is 6. The van der Waals surface area contributed by atoms with Crippen molar-refractivity contribution >= 4 is 12.4 Å². The fourth-order valence-electron chi connectivity index (χ4n) is 1.40. The first-order valence-corrected chi connectivity index (χ1v) is 5.65. The van der Waals surface area contributed by atoms with Crippen molar-refractivity contribution in [3.8, 4) is 11.5 Å². The maximum Gasteiger partial charge on any atom is 0.161 e. The van der Waals surface area contributed by atoms with E-state index in [2.05, 4.69) is 6.92 Å². The number of methoxy groups -OCH3 is 1. The van der Waals surface area contributed by atoms with Crippen molar-refractivity contribution in [2.24, 2.45) is 0 Å². The minimum absolute atomic E-state index is 0.666. The Morgan fingerprint density at radius 1 is 1.35 bits per heavy atom. The molecule has 0 aliphatic rings. The first-order chi connectivity index (χ1) is 8.21. The lowest BCUT2D eigenvalue weighted by Gasteiger charge is -2.10. The van der Waals surface area contributed by atoms with E-state index in [1.54, 1.807) is 20.1 Å². The molecule has 17 heavy (non-hydrogen) atoms. The highest BCUT2D eigenvalue weighted by atomic mass is 16.5. The molecule has 0 amide bonds. The maximum absolute atomic E-state index is 10.5. The lowest BCUT2D eigenvalue weighted by molar-refractivity contribution is -0.104. The van der Waals surface area contributed by atoms with Gasteiger partial charge in [0.15, 0.2) is 11.5 Å². The van der Waals surface area contributed by atoms with Gasteiger partial charge < -0.3 is 9.47 Å². The smallest absolute Gasteiger partial charge is 0.161 e. The number of carbonyl (C=O) groups is 1. The zero-order valence-corrected chi connectivity index (χ0v) is 10.5. The van der Waals surface area contributed by atoms with Gasteiger partial charge in [-0.25, -0.2) is 0 Å². The molecule has 0 spiro atoms. The summed E-state index contributed by atoms with van der Waals surface area (Å²) in [5.41, 5.74) is 1.60. The molecule has 0 saturated carbocycles. The van der Waals surface area contributed by atoms with E-state index >= 15 is 0 Å². The Morgan fingerprint density at radius 2 is 2.12 bits per heavy atom. The van der Waals surface area contributed by atoms with Crippen LogP contribution in [0.15, 0.2) is 23.8 Å². The summed E-state index contributed by atoms with van der Waals surface area (Å²) in [7, 11) is 1.61. The highest BCUT2D eigenvalue weighted by Crippen LogP contribution is 2.28. The van der Waals surface area contributed by atoms with E-state index in [0.29, 0.717) is 17.9 Å². The van der Waals surface area contributed by atoms with Gasteiger partial charge in [0.25, 0.3) is 0 Å². The molecule has 1 aromatic rings. The normalized spacial score (nSPS) is 11.1. The van der Waals surface area contributed by atoms with E-state index in [4.69, 9.17) is 9.47 Å². The second-order valence-electron chi connectivity index (χ2n) is 3.76. The van der Waals surface area contributed by atoms with E-state index in [9.17, 15) is 4.79 Å². The summed E-state index contributed by atoms with van der Waals surface area (Å²) in [5, 5.41) is 0. The molecule has 0 N–H and O–H groups in total. The summed E-state index contributed by atoms with van der Waals surface area (Å²) >= 11 is 0. The third-order valence-electron chi connectivity index (χ3n) is 2.23. The molecule has 3 nitrogen and oxygen atoms in total. The number of carbonyl (C=O) groups excluding carboxylic acids is 1. The second-order valence-corrected chi connectivity index (χ2v) is 3.76. The van der Waals surface area contributed by atoms with E-state index in [0.717, 1.165) is 24.0 Å². The number of aldehydes is 1. The van der Waals surface area contributed by atoms with Crippen molar-refractivity contribution in [3.05, 3.63) is 29.3 Å². The van der Waals surface area contributed by atoms with Gasteiger partial charge in [0.1, 0.15) is 6.29 Å². The zero-order valence-electron chi connectivity index (χ0n) is 10.5. The topological polar surface area (TPSA) is 35.5 Å². The number of ether oxygens (including phenoxy) is 2. The van der Waals surface area contributed by atoms with Crippen LogP contribution in [-0.4, -0.2) is 20.0 Å². The molecule has 0 heterocycles. The molecule has 0 unspecified atom stereocenters. The predicted molar refractivity (Wildman–Crippen MR) is 68.5 cm³/mol. The summed E-state index contributed by atoms with van der Waals surface area (Å²) in [6, 6.07) is 5.62. The molecule has 0 fully saturated rings. The number of benzene rings is 1. The van der Waals surface area contributed by atoms with Gasteiger partial charge in [0, 0.05) is 0 Å². The SMILES string of the molecule is CCCOc1ccc(C=C(C)C=O)cc1OC. The first kappa shape index (κ1) is 13.3. The highest BCUT2D eigenvalue weighted by molar-refractivity contribution is 5.81. The Hall–Kier alpha value is -1.77. The van der Waals surface area contributed by atoms with E-state index in [1.165, 1.54) is 0 Å². The lowest BCUT2D eigenvalue weighted by Crippen LogP contribution is -1.97. The molecule has 0 atom stereocenters. The quantitative estimate of drug-likeness (QED) is 0.560. The molecule has 0 aromatic heterocycles. The fraction of sp³-hybridized carbons (Fsp3) is 0.357. The van der Waals surface area contributed by atoms with Crippen LogP contribution in [0.5, 0.6) is 11.5 Å². The van der Waals surface area contributed by atoms with Crippen molar-refractivity contribution in [1.82, 2.24) is 0 Å². The average molecular weight is 234 g/mol. The van der Waals surface area contributed by atoms with E-state index in [1.807, 2.05) is 18.2 Å². The van der Waals surface area contributed by atoms with Crippen LogP contribution >= 0.6 is 0 Å². The van der Waals surface area contributed by atoms with Crippen LogP contribution in [0, 0.1) is 0 Å². The summed E-state index contributed by atoms with van der Waals surface area (Å²) < 4.78 is 10.8. The van der Waals surface area contributed by atoms with E-state index < -0.39 is 0 Å². The maximum atomic E-state index is 10.5. The molecule has 0 saturated heterocycles. The Morgan fingerprint density at radius 3 is 2.71 bits per heavy atom. The standard InChI is InChI=1S/C14H18O3/c1-4-7-17-13-6-5-12(8-11(2)10-15)9-14(13)16-3/h5-6,8-10H,4,7H2,1-3H3. The molecule has 1 rings (SSSR count). The third-order valence-corrected chi connectivity index (χ3v) is 2.23. The van der Waals surface area contributed by atoms with Gasteiger partial charge in [0.2, 0.25) is 0 Å². The molecular formula is C14H18O3. The molecule has 0 aliphatic heterocycles. The van der Waals surface area contributed by atoms with Crippen molar-refractivity contribution < 1.29 is 14.3 Å². The molecule has 92 valence electrons. The fourth-order valence-corrected chi connectivity index (χ4v) is 1.40. The van der Waals surface area contributed by atoms with Gasteiger partial charge in [-0.3, -0.25) is 4.79 Å². The second kappa shape index (κ2) is 6.74. The molecular weight excluding hydrogens is 216 g/mol. The Bertz CT molecular complexity index is 408. The third kappa shape index (κ3) is 3.94. The van der Waals surface area contributed by atoms with Crippen LogP contribution in [0.4, 0.5) is 0 Å². The van der Waals surface area contributed by atoms with Crippen LogP contribution in [0.2, 0.25) is 0 Å². The minimum Gasteiger partial charge on any atom is -0.493 e. The molecule has 3 heteroatoms. The van der Waals surface area contributed by atoms with Gasteiger partial charge in [-0.1, -0.05) is 13.0 Å². The van der Waals surface area contributed by atoms with Crippen molar-refractivity contribution in [3.63, 3.8) is 0 Å². The summed E-state index contributed by atoms with van der Waals surface area (Å²) in [5.74, 6) is 1.42. The average Bonchev–Trinajstić information content (AvgIpc) is 2.36. The van der Waals surface area contributed by atoms with E-state index in [-0.39, 0.29) is 0 Å². The summed E-state index contributed by atoms with van der Waals surface area (Å²) in [4.78, 5) is 10.5. The van der Waals surface area contributed by atoms with Crippen LogP contribution in [-0.2, 0) is 4.79 Å². The van der Waals surface area contributed by atoms with Crippen molar-refractivity contribution in [2.45, 2.75) is 20.3 Å². The summed E-state index contributed by atoms with van der Waals surface area (Å²) in [6.07, 6.45) is 3.59. The molecule has 0 radical (unpaired) electrons. The van der Waals surface area contributed by atoms with Gasteiger partial charge in [-0.2, -0.15) is 0 Å². The predicted octanol–water partition coefficient (Wildman–Crippen LogP) is 3.09. The van der Waals surface area contributed by atoms with Gasteiger partial charge in [-0.05, 0) is 42.7 Å². The number of allylic oxidation sites excluding steroid dienone is 1. The van der Waals surface area contributed by atoms with Crippen LogP contribution in [0.25, 0.3) is 6.08 Å².